The monoisotopic (exact) mass is 259 g/mol. The molecule has 1 unspecified atom stereocenters. The molecule has 19 heavy (non-hydrogen) atoms. The summed E-state index contributed by atoms with van der Waals surface area (Å²) < 4.78 is 6.51. The summed E-state index contributed by atoms with van der Waals surface area (Å²) in [5.41, 5.74) is 1.45. The fraction of sp³-hybridized carbons (Fsp3) is 0.286. The van der Waals surface area contributed by atoms with Crippen LogP contribution in [0.15, 0.2) is 42.6 Å². The molecule has 1 atom stereocenters. The van der Waals surface area contributed by atoms with E-state index in [4.69, 9.17) is 4.74 Å². The van der Waals surface area contributed by atoms with Crippen molar-refractivity contribution in [1.82, 2.24) is 15.1 Å². The van der Waals surface area contributed by atoms with E-state index in [1.807, 2.05) is 37.3 Å². The molecule has 0 aliphatic heterocycles. The Bertz CT molecular complexity index is 537. The lowest BCUT2D eigenvalue weighted by Crippen LogP contribution is -2.27. The summed E-state index contributed by atoms with van der Waals surface area (Å²) in [6, 6.07) is 11.4. The molecule has 1 aromatic carbocycles. The Balaban J connectivity index is 2.00. The molecule has 1 amide bonds. The van der Waals surface area contributed by atoms with Crippen LogP contribution in [0, 0.1) is 0 Å². The lowest BCUT2D eigenvalue weighted by molar-refractivity contribution is 0.0927. The zero-order chi connectivity index (χ0) is 13.7. The number of carbonyl (C=O) groups excluding carboxylic acids is 1. The second-order valence-corrected chi connectivity index (χ2v) is 4.26. The van der Waals surface area contributed by atoms with Gasteiger partial charge in [-0.2, -0.15) is 5.10 Å². The van der Waals surface area contributed by atoms with Crippen molar-refractivity contribution in [2.24, 2.45) is 0 Å². The van der Waals surface area contributed by atoms with Crippen molar-refractivity contribution in [3.63, 3.8) is 0 Å². The molecule has 2 aromatic rings. The molecule has 100 valence electrons. The Hall–Kier alpha value is -2.14. The third kappa shape index (κ3) is 3.42. The molecule has 2 rings (SSSR count). The van der Waals surface area contributed by atoms with Gasteiger partial charge in [0, 0.05) is 13.3 Å². The number of hydrogen-bond donors (Lipinski definition) is 1. The van der Waals surface area contributed by atoms with E-state index >= 15 is 0 Å². The summed E-state index contributed by atoms with van der Waals surface area (Å²) in [6.45, 7) is 2.28. The molecule has 0 aliphatic carbocycles. The van der Waals surface area contributed by atoms with E-state index in [-0.39, 0.29) is 11.9 Å². The van der Waals surface area contributed by atoms with Crippen LogP contribution in [0.3, 0.4) is 0 Å². The van der Waals surface area contributed by atoms with Crippen LogP contribution in [0.25, 0.3) is 0 Å². The van der Waals surface area contributed by atoms with Gasteiger partial charge in [0.05, 0.1) is 6.04 Å². The highest BCUT2D eigenvalue weighted by Gasteiger charge is 2.13. The molecule has 0 spiro atoms. The van der Waals surface area contributed by atoms with E-state index in [9.17, 15) is 4.79 Å². The highest BCUT2D eigenvalue weighted by molar-refractivity contribution is 5.92. The lowest BCUT2D eigenvalue weighted by Gasteiger charge is -2.13. The number of nitrogens with zero attached hydrogens (tertiary/aromatic N) is 2. The van der Waals surface area contributed by atoms with Crippen molar-refractivity contribution in [3.05, 3.63) is 53.9 Å². The fourth-order valence-electron chi connectivity index (χ4n) is 1.78. The number of methoxy groups -OCH3 is 1. The summed E-state index contributed by atoms with van der Waals surface area (Å²) >= 11 is 0. The Kier molecular flexibility index (Phi) is 4.30. The van der Waals surface area contributed by atoms with Crippen LogP contribution in [0.4, 0.5) is 0 Å². The molecule has 1 N–H and O–H groups in total. The maximum atomic E-state index is 12.0. The highest BCUT2D eigenvalue weighted by Crippen LogP contribution is 2.11. The number of benzene rings is 1. The first kappa shape index (κ1) is 13.3. The molecular formula is C14H17N3O2. The minimum absolute atomic E-state index is 0.0544. The first-order valence-electron chi connectivity index (χ1n) is 6.09. The second kappa shape index (κ2) is 6.15. The molecule has 0 saturated carbocycles. The van der Waals surface area contributed by atoms with Crippen LogP contribution in [0.5, 0.6) is 0 Å². The average molecular weight is 259 g/mol. The topological polar surface area (TPSA) is 56.1 Å². The Morgan fingerprint density at radius 1 is 1.37 bits per heavy atom. The smallest absolute Gasteiger partial charge is 0.272 e. The number of rotatable bonds is 5. The van der Waals surface area contributed by atoms with Gasteiger partial charge >= 0.3 is 0 Å². The van der Waals surface area contributed by atoms with E-state index in [1.165, 1.54) is 0 Å². The molecular weight excluding hydrogens is 242 g/mol. The van der Waals surface area contributed by atoms with Gasteiger partial charge in [-0.1, -0.05) is 30.3 Å². The molecule has 0 fully saturated rings. The SMILES string of the molecule is COCn1ccc(C(=O)NC(C)c2ccccc2)n1. The van der Waals surface area contributed by atoms with Gasteiger partial charge in [-0.25, -0.2) is 4.68 Å². The van der Waals surface area contributed by atoms with E-state index < -0.39 is 0 Å². The molecule has 0 bridgehead atoms. The number of carbonyl (C=O) groups is 1. The van der Waals surface area contributed by atoms with Crippen molar-refractivity contribution < 1.29 is 9.53 Å². The van der Waals surface area contributed by atoms with Crippen LogP contribution in [0.2, 0.25) is 0 Å². The largest absolute Gasteiger partial charge is 0.362 e. The molecule has 1 aromatic heterocycles. The molecule has 0 saturated heterocycles. The van der Waals surface area contributed by atoms with Gasteiger partial charge < -0.3 is 10.1 Å². The first-order valence-corrected chi connectivity index (χ1v) is 6.09. The van der Waals surface area contributed by atoms with Crippen molar-refractivity contribution in [1.29, 1.82) is 0 Å². The summed E-state index contributed by atoms with van der Waals surface area (Å²) in [5.74, 6) is -0.189. The molecule has 5 heteroatoms. The predicted molar refractivity (Wildman–Crippen MR) is 71.6 cm³/mol. The summed E-state index contributed by atoms with van der Waals surface area (Å²) in [4.78, 5) is 12.0. The van der Waals surface area contributed by atoms with E-state index in [2.05, 4.69) is 10.4 Å². The van der Waals surface area contributed by atoms with Crippen LogP contribution in [0.1, 0.15) is 29.0 Å². The first-order chi connectivity index (χ1) is 9.20. The van der Waals surface area contributed by atoms with Crippen molar-refractivity contribution >= 4 is 5.91 Å². The summed E-state index contributed by atoms with van der Waals surface area (Å²) in [6.07, 6.45) is 1.71. The van der Waals surface area contributed by atoms with Gasteiger partial charge in [0.25, 0.3) is 5.91 Å². The minimum atomic E-state index is -0.189. The third-order valence-corrected chi connectivity index (χ3v) is 2.78. The number of nitrogens with one attached hydrogen (secondary N) is 1. The number of amides is 1. The van der Waals surface area contributed by atoms with Gasteiger partial charge in [-0.3, -0.25) is 4.79 Å². The normalized spacial score (nSPS) is 12.1. The van der Waals surface area contributed by atoms with Crippen molar-refractivity contribution in [2.45, 2.75) is 19.7 Å². The Morgan fingerprint density at radius 3 is 2.79 bits per heavy atom. The maximum Gasteiger partial charge on any atom is 0.272 e. The third-order valence-electron chi connectivity index (χ3n) is 2.78. The lowest BCUT2D eigenvalue weighted by atomic mass is 10.1. The van der Waals surface area contributed by atoms with E-state index in [0.29, 0.717) is 12.4 Å². The van der Waals surface area contributed by atoms with Crippen molar-refractivity contribution in [3.8, 4) is 0 Å². The summed E-state index contributed by atoms with van der Waals surface area (Å²) in [7, 11) is 1.58. The van der Waals surface area contributed by atoms with Gasteiger partial charge in [0.1, 0.15) is 12.4 Å². The Labute approximate surface area is 112 Å². The quantitative estimate of drug-likeness (QED) is 0.893. The van der Waals surface area contributed by atoms with E-state index in [0.717, 1.165) is 5.56 Å². The minimum Gasteiger partial charge on any atom is -0.362 e. The van der Waals surface area contributed by atoms with Gasteiger partial charge in [-0.05, 0) is 18.6 Å². The van der Waals surface area contributed by atoms with Gasteiger partial charge in [0.2, 0.25) is 0 Å². The van der Waals surface area contributed by atoms with Crippen LogP contribution in [-0.2, 0) is 11.5 Å². The maximum absolute atomic E-state index is 12.0. The Morgan fingerprint density at radius 2 is 2.11 bits per heavy atom. The van der Waals surface area contributed by atoms with Crippen molar-refractivity contribution in [2.75, 3.05) is 7.11 Å². The second-order valence-electron chi connectivity index (χ2n) is 4.26. The number of ether oxygens (including phenoxy) is 1. The fourth-order valence-corrected chi connectivity index (χ4v) is 1.78. The van der Waals surface area contributed by atoms with Crippen LogP contribution >= 0.6 is 0 Å². The van der Waals surface area contributed by atoms with E-state index in [1.54, 1.807) is 24.1 Å². The van der Waals surface area contributed by atoms with Crippen LogP contribution in [-0.4, -0.2) is 22.8 Å². The molecule has 1 heterocycles. The predicted octanol–water partition coefficient (Wildman–Crippen LogP) is 1.98. The number of hydrogen-bond acceptors (Lipinski definition) is 3. The summed E-state index contributed by atoms with van der Waals surface area (Å²) in [5, 5.41) is 7.04. The number of aromatic nitrogens is 2. The standard InChI is InChI=1S/C14H17N3O2/c1-11(12-6-4-3-5-7-12)15-14(18)13-8-9-17(16-13)10-19-2/h3-9,11H,10H2,1-2H3,(H,15,18). The molecule has 0 radical (unpaired) electrons. The zero-order valence-electron chi connectivity index (χ0n) is 11.0. The molecule has 0 aliphatic rings. The van der Waals surface area contributed by atoms with Gasteiger partial charge in [-0.15, -0.1) is 0 Å². The van der Waals surface area contributed by atoms with Gasteiger partial charge in [0.15, 0.2) is 0 Å². The zero-order valence-corrected chi connectivity index (χ0v) is 11.0. The van der Waals surface area contributed by atoms with Crippen LogP contribution < -0.4 is 5.32 Å². The molecule has 5 nitrogen and oxygen atoms in total. The average Bonchev–Trinajstić information content (AvgIpc) is 2.89. The highest BCUT2D eigenvalue weighted by atomic mass is 16.5.